The summed E-state index contributed by atoms with van der Waals surface area (Å²) in [5.41, 5.74) is 1.16. The van der Waals surface area contributed by atoms with E-state index < -0.39 is 22.7 Å². The van der Waals surface area contributed by atoms with E-state index in [1.807, 2.05) is 0 Å². The molecule has 0 fully saturated rings. The van der Waals surface area contributed by atoms with Gasteiger partial charge in [-0.1, -0.05) is 0 Å². The van der Waals surface area contributed by atoms with Crippen LogP contribution in [0.15, 0.2) is 0 Å². The molecule has 0 radical (unpaired) electrons. The van der Waals surface area contributed by atoms with Gasteiger partial charge in [-0.2, -0.15) is 0 Å². The summed E-state index contributed by atoms with van der Waals surface area (Å²) in [7, 11) is 0. The van der Waals surface area contributed by atoms with Crippen molar-refractivity contribution in [3.8, 4) is 0 Å². The normalized spacial score (nSPS) is 12.8. The van der Waals surface area contributed by atoms with Gasteiger partial charge in [0.25, 0.3) is 5.91 Å². The van der Waals surface area contributed by atoms with E-state index in [-0.39, 0.29) is 0 Å². The van der Waals surface area contributed by atoms with E-state index >= 15 is 0 Å². The zero-order chi connectivity index (χ0) is 6.57. The first-order chi connectivity index (χ1) is 3.66. The van der Waals surface area contributed by atoms with E-state index in [4.69, 9.17) is 5.21 Å². The molecule has 0 aliphatic carbocycles. The largest absolute Gasteiger partial charge is 0.772 e. The van der Waals surface area contributed by atoms with E-state index in [1.165, 1.54) is 0 Å². The second-order valence-electron chi connectivity index (χ2n) is 0.983. The van der Waals surface area contributed by atoms with Crippen molar-refractivity contribution in [1.82, 2.24) is 5.48 Å². The molecule has 5 nitrogen and oxygen atoms in total. The Bertz CT molecular complexity index is 113. The van der Waals surface area contributed by atoms with Crippen molar-refractivity contribution in [3.05, 3.63) is 0 Å². The predicted molar refractivity (Wildman–Crippen MR) is 23.7 cm³/mol. The Morgan fingerprint density at radius 2 is 2.38 bits per heavy atom. The fourth-order valence-corrected chi connectivity index (χ4v) is 0.418. The van der Waals surface area contributed by atoms with Gasteiger partial charge in [-0.25, -0.2) is 5.48 Å². The second kappa shape index (κ2) is 3.53. The molecule has 0 aromatic heterocycles. The van der Waals surface area contributed by atoms with Crippen LogP contribution in [0.3, 0.4) is 0 Å². The maximum Gasteiger partial charge on any atom is 0.254 e. The van der Waals surface area contributed by atoms with Gasteiger partial charge in [-0.3, -0.25) is 14.2 Å². The summed E-state index contributed by atoms with van der Waals surface area (Å²) in [5, 5.41) is 7.71. The van der Waals surface area contributed by atoms with Gasteiger partial charge >= 0.3 is 0 Å². The number of amides is 1. The summed E-state index contributed by atoms with van der Waals surface area (Å²) in [5.74, 6) is -1.63. The van der Waals surface area contributed by atoms with Crippen molar-refractivity contribution in [2.45, 2.75) is 0 Å². The zero-order valence-corrected chi connectivity index (χ0v) is 4.60. The molecule has 0 saturated carbocycles. The van der Waals surface area contributed by atoms with Crippen LogP contribution in [0, 0.1) is 0 Å². The smallest absolute Gasteiger partial charge is 0.254 e. The summed E-state index contributed by atoms with van der Waals surface area (Å²) in [6.45, 7) is 0. The van der Waals surface area contributed by atoms with Gasteiger partial charge in [0.1, 0.15) is 0 Å². The minimum Gasteiger partial charge on any atom is -0.772 e. The monoisotopic (exact) mass is 138 g/mol. The van der Waals surface area contributed by atoms with Gasteiger partial charge in [0.15, 0.2) is 0 Å². The summed E-state index contributed by atoms with van der Waals surface area (Å²) in [4.78, 5) is 9.87. The summed E-state index contributed by atoms with van der Waals surface area (Å²) >= 11 is -2.42. The topological polar surface area (TPSA) is 89.5 Å². The van der Waals surface area contributed by atoms with E-state index in [9.17, 15) is 13.6 Å². The lowest BCUT2D eigenvalue weighted by Gasteiger charge is -2.00. The molecule has 2 N–H and O–H groups in total. The van der Waals surface area contributed by atoms with Crippen molar-refractivity contribution in [2.75, 3.05) is 5.75 Å². The molecule has 1 amide bonds. The Balaban J connectivity index is 3.40. The van der Waals surface area contributed by atoms with Crippen LogP contribution < -0.4 is 5.48 Å². The lowest BCUT2D eigenvalue weighted by molar-refractivity contribution is -0.126. The number of hydrogen-bond donors (Lipinski definition) is 2. The number of hydroxylamine groups is 1. The molecule has 0 bridgehead atoms. The van der Waals surface area contributed by atoms with E-state index in [0.717, 1.165) is 5.48 Å². The summed E-state index contributed by atoms with van der Waals surface area (Å²) < 4.78 is 19.2. The van der Waals surface area contributed by atoms with Crippen molar-refractivity contribution >= 4 is 17.0 Å². The Hall–Kier alpha value is -0.460. The van der Waals surface area contributed by atoms with Crippen LogP contribution in [0.5, 0.6) is 0 Å². The molecule has 0 aliphatic rings. The van der Waals surface area contributed by atoms with Crippen LogP contribution in [0.1, 0.15) is 0 Å². The third kappa shape index (κ3) is 3.72. The zero-order valence-electron chi connectivity index (χ0n) is 3.79. The van der Waals surface area contributed by atoms with Gasteiger partial charge in [-0.15, -0.1) is 0 Å². The molecule has 0 heterocycles. The van der Waals surface area contributed by atoms with E-state index in [2.05, 4.69) is 0 Å². The van der Waals surface area contributed by atoms with Gasteiger partial charge in [0.2, 0.25) is 0 Å². The number of carbonyl (C=O) groups is 1. The molecule has 0 saturated heterocycles. The first-order valence-electron chi connectivity index (χ1n) is 1.65. The lowest BCUT2D eigenvalue weighted by Crippen LogP contribution is -2.24. The number of carbonyl (C=O) groups excluding carboxylic acids is 1. The molecule has 48 valence electrons. The third-order valence-corrected chi connectivity index (χ3v) is 0.872. The standard InChI is InChI=1S/C2H5NO4S/c4-2(3-5)1-8(6)7/h5H,1H2,(H,3,4)(H,6,7)/p-1. The van der Waals surface area contributed by atoms with E-state index in [1.54, 1.807) is 0 Å². The molecule has 0 aromatic rings. The minimum absolute atomic E-state index is 0.698. The molecule has 0 rings (SSSR count). The van der Waals surface area contributed by atoms with Crippen LogP contribution in [0.2, 0.25) is 0 Å². The fraction of sp³-hybridized carbons (Fsp3) is 0.500. The molecule has 1 atom stereocenters. The maximum atomic E-state index is 9.87. The summed E-state index contributed by atoms with van der Waals surface area (Å²) in [6.07, 6.45) is 0. The van der Waals surface area contributed by atoms with Crippen molar-refractivity contribution < 1.29 is 18.8 Å². The Morgan fingerprint density at radius 1 is 1.88 bits per heavy atom. The quantitative estimate of drug-likeness (QED) is 0.272. The van der Waals surface area contributed by atoms with Gasteiger partial charge in [0, 0.05) is 0 Å². The number of hydrogen-bond acceptors (Lipinski definition) is 4. The highest BCUT2D eigenvalue weighted by Crippen LogP contribution is 1.70. The Morgan fingerprint density at radius 3 is 2.50 bits per heavy atom. The van der Waals surface area contributed by atoms with Gasteiger partial charge in [-0.05, 0) is 11.1 Å². The molecule has 8 heavy (non-hydrogen) atoms. The van der Waals surface area contributed by atoms with Crippen LogP contribution in [0.25, 0.3) is 0 Å². The predicted octanol–water partition coefficient (Wildman–Crippen LogP) is -1.63. The molecule has 0 spiro atoms. The fourth-order valence-electron chi connectivity index (χ4n) is 0.139. The Kier molecular flexibility index (Phi) is 3.33. The highest BCUT2D eigenvalue weighted by molar-refractivity contribution is 7.79. The molecule has 0 aromatic carbocycles. The highest BCUT2D eigenvalue weighted by Gasteiger charge is 1.94. The molecular formula is C2H4NO4S-. The molecule has 1 unspecified atom stereocenters. The van der Waals surface area contributed by atoms with Crippen LogP contribution in [-0.2, 0) is 15.9 Å². The SMILES string of the molecule is O=C(CS(=O)[O-])NO. The average molecular weight is 138 g/mol. The first kappa shape index (κ1) is 7.54. The van der Waals surface area contributed by atoms with Gasteiger partial charge < -0.3 is 4.55 Å². The van der Waals surface area contributed by atoms with Crippen LogP contribution >= 0.6 is 0 Å². The molecule has 6 heteroatoms. The molecular weight excluding hydrogens is 134 g/mol. The number of nitrogens with one attached hydrogen (secondary N) is 1. The number of rotatable bonds is 2. The summed E-state index contributed by atoms with van der Waals surface area (Å²) in [6, 6.07) is 0. The van der Waals surface area contributed by atoms with Crippen molar-refractivity contribution in [1.29, 1.82) is 0 Å². The van der Waals surface area contributed by atoms with Crippen LogP contribution in [0.4, 0.5) is 0 Å². The van der Waals surface area contributed by atoms with E-state index in [0.29, 0.717) is 0 Å². The van der Waals surface area contributed by atoms with Gasteiger partial charge in [0.05, 0.1) is 5.75 Å². The minimum atomic E-state index is -2.42. The third-order valence-electron chi connectivity index (χ3n) is 0.374. The average Bonchev–Trinajstić information content (AvgIpc) is 1.65. The Labute approximate surface area is 47.9 Å². The second-order valence-corrected chi connectivity index (χ2v) is 1.88. The van der Waals surface area contributed by atoms with Crippen molar-refractivity contribution in [2.24, 2.45) is 0 Å². The maximum absolute atomic E-state index is 9.87. The highest BCUT2D eigenvalue weighted by atomic mass is 32.2. The van der Waals surface area contributed by atoms with Crippen molar-refractivity contribution in [3.63, 3.8) is 0 Å². The lowest BCUT2D eigenvalue weighted by atomic mass is 10.8. The first-order valence-corrected chi connectivity index (χ1v) is 2.90. The van der Waals surface area contributed by atoms with Crippen LogP contribution in [-0.4, -0.2) is 25.6 Å². The molecule has 0 aliphatic heterocycles.